The summed E-state index contributed by atoms with van der Waals surface area (Å²) in [6, 6.07) is 3.70. The van der Waals surface area contributed by atoms with Gasteiger partial charge in [-0.1, -0.05) is 19.4 Å². The average Bonchev–Trinajstić information content (AvgIpc) is 3.43. The third-order valence-electron chi connectivity index (χ3n) is 10.3. The molecular formula is C27H34O5. The number of allylic oxidation sites excluding steroid dienone is 1. The van der Waals surface area contributed by atoms with Gasteiger partial charge in [-0.05, 0) is 93.7 Å². The van der Waals surface area contributed by atoms with Crippen molar-refractivity contribution >= 4 is 11.6 Å². The summed E-state index contributed by atoms with van der Waals surface area (Å²) in [4.78, 5) is 25.5. The second kappa shape index (κ2) is 6.44. The van der Waals surface area contributed by atoms with Crippen LogP contribution in [0.3, 0.4) is 0 Å². The largest absolute Gasteiger partial charge is 0.464 e. The number of hydrogen-bond donors (Lipinski definition) is 0. The van der Waals surface area contributed by atoms with E-state index in [1.807, 2.05) is 25.1 Å². The maximum atomic E-state index is 13.4. The number of rotatable bonds is 2. The second-order valence-corrected chi connectivity index (χ2v) is 11.6. The molecule has 1 saturated heterocycles. The highest BCUT2D eigenvalue weighted by Gasteiger charge is 2.76. The van der Waals surface area contributed by atoms with E-state index in [0.29, 0.717) is 35.7 Å². The zero-order valence-corrected chi connectivity index (χ0v) is 19.6. The SMILES string of the molecule is CC(=O)[C@@]12OC(C)(c3ccco3)OC1CC1C3CCC4=CC(=O)CC[C@]4(C)C3CC[C@@]12C. The molecule has 5 aliphatic rings. The molecule has 32 heavy (non-hydrogen) atoms. The fraction of sp³-hybridized carbons (Fsp3) is 0.704. The minimum atomic E-state index is -1.04. The normalized spacial score (nSPS) is 49.6. The van der Waals surface area contributed by atoms with Crippen molar-refractivity contribution in [3.05, 3.63) is 35.8 Å². The van der Waals surface area contributed by atoms with Gasteiger partial charge in [-0.25, -0.2) is 0 Å². The van der Waals surface area contributed by atoms with E-state index < -0.39 is 11.4 Å². The summed E-state index contributed by atoms with van der Waals surface area (Å²) in [7, 11) is 0. The lowest BCUT2D eigenvalue weighted by Gasteiger charge is -2.59. The van der Waals surface area contributed by atoms with Gasteiger partial charge in [0.15, 0.2) is 22.9 Å². The summed E-state index contributed by atoms with van der Waals surface area (Å²) in [6.45, 7) is 8.24. The fourth-order valence-corrected chi connectivity index (χ4v) is 8.80. The van der Waals surface area contributed by atoms with Crippen molar-refractivity contribution in [3.63, 3.8) is 0 Å². The van der Waals surface area contributed by atoms with Crippen LogP contribution in [0.25, 0.3) is 0 Å². The first-order chi connectivity index (χ1) is 15.1. The lowest BCUT2D eigenvalue weighted by molar-refractivity contribution is -0.234. The summed E-state index contributed by atoms with van der Waals surface area (Å²) in [5.41, 5.74) is 0.278. The third kappa shape index (κ3) is 2.37. The lowest BCUT2D eigenvalue weighted by Crippen LogP contribution is -2.59. The van der Waals surface area contributed by atoms with Gasteiger partial charge in [0.2, 0.25) is 5.79 Å². The molecule has 1 aromatic rings. The summed E-state index contributed by atoms with van der Waals surface area (Å²) < 4.78 is 19.0. The molecule has 0 radical (unpaired) electrons. The van der Waals surface area contributed by atoms with Crippen LogP contribution in [0, 0.1) is 28.6 Å². The van der Waals surface area contributed by atoms with Gasteiger partial charge in [0.25, 0.3) is 0 Å². The molecule has 5 heteroatoms. The predicted octanol–water partition coefficient (Wildman–Crippen LogP) is 5.34. The summed E-state index contributed by atoms with van der Waals surface area (Å²) >= 11 is 0. The van der Waals surface area contributed by atoms with Crippen LogP contribution in [-0.2, 0) is 24.8 Å². The van der Waals surface area contributed by atoms with E-state index in [9.17, 15) is 9.59 Å². The maximum Gasteiger partial charge on any atom is 0.226 e. The van der Waals surface area contributed by atoms with Gasteiger partial charge in [-0.15, -0.1) is 0 Å². The standard InChI is InChI=1S/C27H34O5/c1-16(28)27-23(31-26(4,32-27)22-6-5-13-30-22)15-21-19-8-7-17-14-18(29)9-11-24(17,2)20(19)10-12-25(21,27)3/h5-6,13-14,19-21,23H,7-12,15H2,1-4H3/t19?,20?,21?,23?,24-,25-,26?,27+/m0/s1. The van der Waals surface area contributed by atoms with Gasteiger partial charge in [0, 0.05) is 11.8 Å². The van der Waals surface area contributed by atoms with Crippen LogP contribution in [0.15, 0.2) is 34.5 Å². The molecule has 0 bridgehead atoms. The molecule has 2 heterocycles. The zero-order chi connectivity index (χ0) is 22.5. The number of hydrogen-bond acceptors (Lipinski definition) is 5. The van der Waals surface area contributed by atoms with Gasteiger partial charge in [-0.2, -0.15) is 0 Å². The molecule has 0 N–H and O–H groups in total. The van der Waals surface area contributed by atoms with Crippen molar-refractivity contribution in [2.75, 3.05) is 0 Å². The van der Waals surface area contributed by atoms with Gasteiger partial charge in [0.05, 0.1) is 12.4 Å². The average molecular weight is 439 g/mol. The minimum Gasteiger partial charge on any atom is -0.464 e. The lowest BCUT2D eigenvalue weighted by atomic mass is 9.46. The molecule has 6 rings (SSSR count). The van der Waals surface area contributed by atoms with Gasteiger partial charge in [-0.3, -0.25) is 9.59 Å². The first kappa shape index (κ1) is 20.9. The first-order valence-electron chi connectivity index (χ1n) is 12.3. The number of furan rings is 1. The van der Waals surface area contributed by atoms with Crippen LogP contribution in [0.5, 0.6) is 0 Å². The molecular weight excluding hydrogens is 404 g/mol. The molecule has 1 aliphatic heterocycles. The molecule has 0 aromatic carbocycles. The van der Waals surface area contributed by atoms with Crippen LogP contribution in [0.2, 0.25) is 0 Å². The van der Waals surface area contributed by atoms with Crippen LogP contribution in [0.4, 0.5) is 0 Å². The van der Waals surface area contributed by atoms with E-state index in [1.54, 1.807) is 13.2 Å². The Hall–Kier alpha value is -1.72. The highest BCUT2D eigenvalue weighted by molar-refractivity contribution is 5.91. The van der Waals surface area contributed by atoms with Crippen molar-refractivity contribution in [1.29, 1.82) is 0 Å². The van der Waals surface area contributed by atoms with E-state index in [2.05, 4.69) is 13.8 Å². The zero-order valence-electron chi connectivity index (χ0n) is 19.6. The molecule has 0 amide bonds. The Bertz CT molecular complexity index is 1010. The summed E-state index contributed by atoms with van der Waals surface area (Å²) in [6.07, 6.45) is 9.91. The Labute approximate surface area is 189 Å². The van der Waals surface area contributed by atoms with Crippen molar-refractivity contribution in [2.45, 2.75) is 90.1 Å². The quantitative estimate of drug-likeness (QED) is 0.624. The van der Waals surface area contributed by atoms with E-state index in [4.69, 9.17) is 13.9 Å². The van der Waals surface area contributed by atoms with E-state index in [0.717, 1.165) is 38.5 Å². The van der Waals surface area contributed by atoms with E-state index >= 15 is 0 Å². The van der Waals surface area contributed by atoms with Gasteiger partial charge in [0.1, 0.15) is 0 Å². The molecule has 1 aromatic heterocycles. The Kier molecular flexibility index (Phi) is 4.20. The van der Waals surface area contributed by atoms with Crippen LogP contribution >= 0.6 is 0 Å². The number of carbonyl (C=O) groups is 2. The number of carbonyl (C=O) groups excluding carboxylic acids is 2. The molecule has 8 atom stereocenters. The summed E-state index contributed by atoms with van der Waals surface area (Å²) in [5.74, 6) is 1.43. The smallest absolute Gasteiger partial charge is 0.226 e. The van der Waals surface area contributed by atoms with E-state index in [1.165, 1.54) is 5.57 Å². The Balaban J connectivity index is 1.38. The van der Waals surface area contributed by atoms with Crippen molar-refractivity contribution in [2.24, 2.45) is 28.6 Å². The first-order valence-corrected chi connectivity index (χ1v) is 12.3. The number of ether oxygens (including phenoxy) is 2. The fourth-order valence-electron chi connectivity index (χ4n) is 8.80. The predicted molar refractivity (Wildman–Crippen MR) is 118 cm³/mol. The maximum absolute atomic E-state index is 13.4. The third-order valence-corrected chi connectivity index (χ3v) is 10.3. The number of fused-ring (bicyclic) bond motifs is 7. The van der Waals surface area contributed by atoms with Crippen LogP contribution in [0.1, 0.15) is 78.4 Å². The van der Waals surface area contributed by atoms with Gasteiger partial charge < -0.3 is 13.9 Å². The van der Waals surface area contributed by atoms with Crippen LogP contribution < -0.4 is 0 Å². The summed E-state index contributed by atoms with van der Waals surface area (Å²) in [5, 5.41) is 0. The van der Waals surface area contributed by atoms with Gasteiger partial charge >= 0.3 is 0 Å². The Morgan fingerprint density at radius 3 is 2.62 bits per heavy atom. The molecule has 3 saturated carbocycles. The van der Waals surface area contributed by atoms with Crippen molar-refractivity contribution in [3.8, 4) is 0 Å². The Morgan fingerprint density at radius 2 is 1.91 bits per heavy atom. The minimum absolute atomic E-state index is 0.0760. The molecule has 0 spiro atoms. The number of Topliss-reactive ketones (excluding diaryl/α,β-unsaturated/α-hetero) is 1. The monoisotopic (exact) mass is 438 g/mol. The molecule has 4 aliphatic carbocycles. The molecule has 5 nitrogen and oxygen atoms in total. The topological polar surface area (TPSA) is 65.7 Å². The van der Waals surface area contributed by atoms with Crippen LogP contribution in [-0.4, -0.2) is 23.3 Å². The molecule has 5 unspecified atom stereocenters. The van der Waals surface area contributed by atoms with Crippen molar-refractivity contribution in [1.82, 2.24) is 0 Å². The molecule has 172 valence electrons. The highest BCUT2D eigenvalue weighted by atomic mass is 16.8. The highest BCUT2D eigenvalue weighted by Crippen LogP contribution is 2.71. The number of ketones is 2. The van der Waals surface area contributed by atoms with E-state index in [-0.39, 0.29) is 22.7 Å². The Morgan fingerprint density at radius 1 is 1.09 bits per heavy atom. The second-order valence-electron chi connectivity index (χ2n) is 11.6. The molecule has 4 fully saturated rings. The van der Waals surface area contributed by atoms with Crippen molar-refractivity contribution < 1.29 is 23.5 Å².